The Morgan fingerprint density at radius 3 is 2.83 bits per heavy atom. The molecule has 1 saturated heterocycles. The normalized spacial score (nSPS) is 36.9. The molecular weight excluding hydrogens is 306 g/mol. The summed E-state index contributed by atoms with van der Waals surface area (Å²) < 4.78 is 11.7. The molecule has 0 unspecified atom stereocenters. The van der Waals surface area contributed by atoms with Gasteiger partial charge in [-0.2, -0.15) is 0 Å². The molecule has 126 valence electrons. The van der Waals surface area contributed by atoms with Gasteiger partial charge < -0.3 is 14.4 Å². The maximum absolute atomic E-state index is 12.9. The average molecular weight is 327 g/mol. The quantitative estimate of drug-likeness (QED) is 0.791. The molecule has 0 N–H and O–H groups in total. The zero-order valence-electron chi connectivity index (χ0n) is 13.6. The summed E-state index contributed by atoms with van der Waals surface area (Å²) in [4.78, 5) is 27.4. The number of carbonyl (C=O) groups is 2. The molecule has 0 radical (unpaired) electrons. The molecule has 2 heterocycles. The Labute approximate surface area is 140 Å². The molecule has 1 aromatic carbocycles. The molecule has 5 heteroatoms. The van der Waals surface area contributed by atoms with Gasteiger partial charge in [0.05, 0.1) is 25.2 Å². The van der Waals surface area contributed by atoms with Crippen LogP contribution in [0.15, 0.2) is 24.3 Å². The van der Waals surface area contributed by atoms with Gasteiger partial charge >= 0.3 is 0 Å². The minimum absolute atomic E-state index is 0.0370. The molecule has 1 amide bonds. The predicted molar refractivity (Wildman–Crippen MR) is 85.9 cm³/mol. The van der Waals surface area contributed by atoms with E-state index in [9.17, 15) is 9.59 Å². The zero-order chi connectivity index (χ0) is 16.3. The summed E-state index contributed by atoms with van der Waals surface area (Å²) in [5.41, 5.74) is 0.228. The van der Waals surface area contributed by atoms with Crippen molar-refractivity contribution in [1.29, 1.82) is 0 Å². The van der Waals surface area contributed by atoms with Crippen molar-refractivity contribution in [1.82, 2.24) is 4.90 Å². The largest absolute Gasteiger partial charge is 0.486 e. The van der Waals surface area contributed by atoms with E-state index in [1.165, 1.54) is 0 Å². The summed E-state index contributed by atoms with van der Waals surface area (Å²) in [6.45, 7) is 2.62. The molecule has 0 bridgehead atoms. The number of amides is 1. The topological polar surface area (TPSA) is 55.8 Å². The number of hydrogen-bond acceptors (Lipinski definition) is 4. The number of carbonyl (C=O) groups excluding carboxylic acids is 2. The Morgan fingerprint density at radius 2 is 2.00 bits per heavy atom. The highest BCUT2D eigenvalue weighted by Crippen LogP contribution is 2.66. The van der Waals surface area contributed by atoms with Crippen molar-refractivity contribution in [3.63, 3.8) is 0 Å². The van der Waals surface area contributed by atoms with Crippen molar-refractivity contribution in [2.45, 2.75) is 24.9 Å². The SMILES string of the molecule is O=C1C[C@]2(CC[C@H]3[C@@H](C(=O)N4CCOCC4)[C@@H]32)Oc2ccccc21. The predicted octanol–water partition coefficient (Wildman–Crippen LogP) is 1.91. The van der Waals surface area contributed by atoms with E-state index in [2.05, 4.69) is 0 Å². The van der Waals surface area contributed by atoms with Crippen LogP contribution < -0.4 is 4.74 Å². The van der Waals surface area contributed by atoms with Gasteiger partial charge in [-0.1, -0.05) is 12.1 Å². The van der Waals surface area contributed by atoms with E-state index in [0.29, 0.717) is 50.0 Å². The molecule has 4 aliphatic rings. The fraction of sp³-hybridized carbons (Fsp3) is 0.579. The second-order valence-corrected chi connectivity index (χ2v) is 7.45. The Hall–Kier alpha value is -1.88. The lowest BCUT2D eigenvalue weighted by molar-refractivity contribution is -0.138. The van der Waals surface area contributed by atoms with Crippen LogP contribution in [0, 0.1) is 17.8 Å². The fourth-order valence-electron chi connectivity index (χ4n) is 5.09. The van der Waals surface area contributed by atoms with Crippen LogP contribution in [-0.4, -0.2) is 48.5 Å². The molecule has 2 aliphatic carbocycles. The lowest BCUT2D eigenvalue weighted by Gasteiger charge is -2.37. The summed E-state index contributed by atoms with van der Waals surface area (Å²) in [5.74, 6) is 1.71. The number of nitrogens with zero attached hydrogens (tertiary/aromatic N) is 1. The van der Waals surface area contributed by atoms with Gasteiger partial charge in [0.1, 0.15) is 11.4 Å². The maximum Gasteiger partial charge on any atom is 0.226 e. The van der Waals surface area contributed by atoms with Crippen molar-refractivity contribution in [2.75, 3.05) is 26.3 Å². The van der Waals surface area contributed by atoms with Crippen LogP contribution in [0.2, 0.25) is 0 Å². The second kappa shape index (κ2) is 5.06. The molecule has 1 aromatic rings. The van der Waals surface area contributed by atoms with E-state index in [0.717, 1.165) is 12.8 Å². The lowest BCUT2D eigenvalue weighted by Crippen LogP contribution is -2.46. The molecule has 5 rings (SSSR count). The number of Topliss-reactive ketones (excluding diaryl/α,β-unsaturated/α-hetero) is 1. The Balaban J connectivity index is 1.39. The molecule has 0 aromatic heterocycles. The van der Waals surface area contributed by atoms with E-state index >= 15 is 0 Å². The second-order valence-electron chi connectivity index (χ2n) is 7.45. The van der Waals surface area contributed by atoms with Gasteiger partial charge in [-0.25, -0.2) is 0 Å². The van der Waals surface area contributed by atoms with Crippen LogP contribution >= 0.6 is 0 Å². The molecule has 5 nitrogen and oxygen atoms in total. The third-order valence-electron chi connectivity index (χ3n) is 6.25. The minimum Gasteiger partial charge on any atom is -0.486 e. The van der Waals surface area contributed by atoms with Crippen LogP contribution in [-0.2, 0) is 9.53 Å². The van der Waals surface area contributed by atoms with Crippen LogP contribution in [0.5, 0.6) is 5.75 Å². The number of ketones is 1. The molecule has 3 fully saturated rings. The fourth-order valence-corrected chi connectivity index (χ4v) is 5.09. The average Bonchev–Trinajstić information content (AvgIpc) is 3.26. The molecule has 4 atom stereocenters. The van der Waals surface area contributed by atoms with Crippen LogP contribution in [0.1, 0.15) is 29.6 Å². The van der Waals surface area contributed by atoms with E-state index in [1.54, 1.807) is 0 Å². The smallest absolute Gasteiger partial charge is 0.226 e. The van der Waals surface area contributed by atoms with Crippen LogP contribution in [0.25, 0.3) is 0 Å². The summed E-state index contributed by atoms with van der Waals surface area (Å²) in [6, 6.07) is 7.49. The maximum atomic E-state index is 12.9. The number of benzene rings is 1. The van der Waals surface area contributed by atoms with Gasteiger partial charge in [0.15, 0.2) is 5.78 Å². The third kappa shape index (κ3) is 1.97. The monoisotopic (exact) mass is 327 g/mol. The molecule has 24 heavy (non-hydrogen) atoms. The number of ether oxygens (including phenoxy) is 2. The number of morpholine rings is 1. The number of rotatable bonds is 1. The van der Waals surface area contributed by atoms with E-state index in [-0.39, 0.29) is 23.5 Å². The van der Waals surface area contributed by atoms with Gasteiger partial charge in [0.25, 0.3) is 0 Å². The summed E-state index contributed by atoms with van der Waals surface area (Å²) in [5, 5.41) is 0. The first-order valence-electron chi connectivity index (χ1n) is 8.87. The van der Waals surface area contributed by atoms with Gasteiger partial charge in [0, 0.05) is 24.9 Å². The van der Waals surface area contributed by atoms with Gasteiger partial charge in [-0.3, -0.25) is 9.59 Å². The highest BCUT2D eigenvalue weighted by atomic mass is 16.5. The third-order valence-corrected chi connectivity index (χ3v) is 6.25. The van der Waals surface area contributed by atoms with Crippen molar-refractivity contribution in [2.24, 2.45) is 17.8 Å². The molecule has 1 spiro atoms. The van der Waals surface area contributed by atoms with E-state index < -0.39 is 5.60 Å². The number of para-hydroxylation sites is 1. The first-order valence-corrected chi connectivity index (χ1v) is 8.87. The Morgan fingerprint density at radius 1 is 1.21 bits per heavy atom. The van der Waals surface area contributed by atoms with E-state index in [4.69, 9.17) is 9.47 Å². The highest BCUT2D eigenvalue weighted by Gasteiger charge is 2.71. The Kier molecular flexibility index (Phi) is 3.05. The molecular formula is C19H21NO4. The molecule has 2 saturated carbocycles. The van der Waals surface area contributed by atoms with Crippen molar-refractivity contribution >= 4 is 11.7 Å². The van der Waals surface area contributed by atoms with Gasteiger partial charge in [-0.05, 0) is 30.9 Å². The number of hydrogen-bond donors (Lipinski definition) is 0. The van der Waals surface area contributed by atoms with Crippen LogP contribution in [0.4, 0.5) is 0 Å². The summed E-state index contributed by atoms with van der Waals surface area (Å²) >= 11 is 0. The molecule has 2 aliphatic heterocycles. The zero-order valence-corrected chi connectivity index (χ0v) is 13.6. The summed E-state index contributed by atoms with van der Waals surface area (Å²) in [7, 11) is 0. The Bertz CT molecular complexity index is 711. The minimum atomic E-state index is -0.456. The van der Waals surface area contributed by atoms with E-state index in [1.807, 2.05) is 29.2 Å². The first-order chi connectivity index (χ1) is 11.7. The van der Waals surface area contributed by atoms with Crippen LogP contribution in [0.3, 0.4) is 0 Å². The van der Waals surface area contributed by atoms with Crippen molar-refractivity contribution in [3.8, 4) is 5.75 Å². The van der Waals surface area contributed by atoms with Crippen molar-refractivity contribution < 1.29 is 19.1 Å². The number of fused-ring (bicyclic) bond motifs is 3. The van der Waals surface area contributed by atoms with Gasteiger partial charge in [0.2, 0.25) is 5.91 Å². The first kappa shape index (κ1) is 14.5. The summed E-state index contributed by atoms with van der Waals surface area (Å²) in [6.07, 6.45) is 2.29. The van der Waals surface area contributed by atoms with Gasteiger partial charge in [-0.15, -0.1) is 0 Å². The standard InChI is InChI=1S/C19H21NO4/c21-14-11-19(24-15-4-2-1-3-12(14)15)6-5-13-16(17(13)19)18(22)20-7-9-23-10-8-20/h1-4,13,16-17H,5-11H2/t13-,16+,17+,19-/m0/s1. The highest BCUT2D eigenvalue weighted by molar-refractivity contribution is 6.00. The van der Waals surface area contributed by atoms with Crippen molar-refractivity contribution in [3.05, 3.63) is 29.8 Å². The lowest BCUT2D eigenvalue weighted by atomic mass is 9.84.